The maximum atomic E-state index is 6.41. The van der Waals surface area contributed by atoms with E-state index >= 15 is 0 Å². The summed E-state index contributed by atoms with van der Waals surface area (Å²) < 4.78 is 4.00. The van der Waals surface area contributed by atoms with E-state index in [1.165, 1.54) is 0 Å². The Bertz CT molecular complexity index is 570. The summed E-state index contributed by atoms with van der Waals surface area (Å²) in [5.41, 5.74) is 8.80. The zero-order chi connectivity index (χ0) is 14.7. The van der Waals surface area contributed by atoms with Gasteiger partial charge in [-0.2, -0.15) is 5.10 Å². The minimum absolute atomic E-state index is 0.120. The highest BCUT2D eigenvalue weighted by Crippen LogP contribution is 2.22. The van der Waals surface area contributed by atoms with Gasteiger partial charge in [0, 0.05) is 25.2 Å². The summed E-state index contributed by atoms with van der Waals surface area (Å²) in [6, 6.07) is 0.120. The summed E-state index contributed by atoms with van der Waals surface area (Å²) in [7, 11) is 0. The van der Waals surface area contributed by atoms with Gasteiger partial charge in [-0.1, -0.05) is 18.5 Å². The Morgan fingerprint density at radius 1 is 1.40 bits per heavy atom. The van der Waals surface area contributed by atoms with Crippen molar-refractivity contribution in [1.29, 1.82) is 0 Å². The molecular formula is C14H22ClN5. The SMILES string of the molecule is CCc1nn(CC)c(Cn2cnc(CC(C)N)c2)c1Cl. The lowest BCUT2D eigenvalue weighted by atomic mass is 10.2. The van der Waals surface area contributed by atoms with Crippen LogP contribution in [0.4, 0.5) is 0 Å². The molecule has 20 heavy (non-hydrogen) atoms. The number of nitrogens with zero attached hydrogens (tertiary/aromatic N) is 4. The normalized spacial score (nSPS) is 12.8. The molecule has 2 aromatic heterocycles. The average molecular weight is 296 g/mol. The molecule has 2 aromatic rings. The third kappa shape index (κ3) is 3.22. The van der Waals surface area contributed by atoms with Crippen LogP contribution in [-0.2, 0) is 25.9 Å². The van der Waals surface area contributed by atoms with Gasteiger partial charge in [-0.25, -0.2) is 4.98 Å². The Hall–Kier alpha value is -1.33. The standard InChI is InChI=1S/C14H22ClN5/c1-4-12-14(15)13(20(5-2)18-12)8-19-7-11(17-9-19)6-10(3)16/h7,9-10H,4-6,8,16H2,1-3H3. The molecule has 5 nitrogen and oxygen atoms in total. The summed E-state index contributed by atoms with van der Waals surface area (Å²) >= 11 is 6.41. The summed E-state index contributed by atoms with van der Waals surface area (Å²) in [6.45, 7) is 7.62. The molecule has 0 bridgehead atoms. The molecule has 2 heterocycles. The van der Waals surface area contributed by atoms with E-state index in [2.05, 4.69) is 23.9 Å². The van der Waals surface area contributed by atoms with Crippen molar-refractivity contribution in [2.45, 2.75) is 52.7 Å². The van der Waals surface area contributed by atoms with Crippen molar-refractivity contribution in [3.63, 3.8) is 0 Å². The van der Waals surface area contributed by atoms with Gasteiger partial charge in [0.2, 0.25) is 0 Å². The van der Waals surface area contributed by atoms with Crippen molar-refractivity contribution in [3.8, 4) is 0 Å². The van der Waals surface area contributed by atoms with Gasteiger partial charge < -0.3 is 10.3 Å². The fourth-order valence-electron chi connectivity index (χ4n) is 2.27. The Labute approximate surface area is 124 Å². The fraction of sp³-hybridized carbons (Fsp3) is 0.571. The average Bonchev–Trinajstić information content (AvgIpc) is 2.95. The number of nitrogens with two attached hydrogens (primary N) is 1. The van der Waals surface area contributed by atoms with E-state index in [-0.39, 0.29) is 6.04 Å². The number of aromatic nitrogens is 4. The third-order valence-electron chi connectivity index (χ3n) is 3.24. The summed E-state index contributed by atoms with van der Waals surface area (Å²) in [6.07, 6.45) is 5.48. The Morgan fingerprint density at radius 2 is 2.15 bits per heavy atom. The van der Waals surface area contributed by atoms with E-state index in [9.17, 15) is 0 Å². The van der Waals surface area contributed by atoms with Crippen LogP contribution in [0, 0.1) is 0 Å². The molecule has 0 saturated heterocycles. The van der Waals surface area contributed by atoms with E-state index in [1.54, 1.807) is 0 Å². The van der Waals surface area contributed by atoms with Gasteiger partial charge in [0.25, 0.3) is 0 Å². The largest absolute Gasteiger partial charge is 0.331 e. The highest BCUT2D eigenvalue weighted by atomic mass is 35.5. The first-order valence-corrected chi connectivity index (χ1v) is 7.43. The molecule has 1 atom stereocenters. The summed E-state index contributed by atoms with van der Waals surface area (Å²) in [5.74, 6) is 0. The van der Waals surface area contributed by atoms with Crippen LogP contribution in [-0.4, -0.2) is 25.4 Å². The van der Waals surface area contributed by atoms with Crippen molar-refractivity contribution < 1.29 is 0 Å². The lowest BCUT2D eigenvalue weighted by Gasteiger charge is -2.06. The number of halogens is 1. The maximum Gasteiger partial charge on any atom is 0.0953 e. The van der Waals surface area contributed by atoms with Crippen LogP contribution in [0.15, 0.2) is 12.5 Å². The molecule has 6 heteroatoms. The molecule has 110 valence electrons. The molecule has 0 radical (unpaired) electrons. The number of aryl methyl sites for hydroxylation is 2. The van der Waals surface area contributed by atoms with Gasteiger partial charge in [-0.15, -0.1) is 0 Å². The number of rotatable bonds is 6. The maximum absolute atomic E-state index is 6.41. The van der Waals surface area contributed by atoms with Gasteiger partial charge in [0.1, 0.15) is 0 Å². The zero-order valence-electron chi connectivity index (χ0n) is 12.3. The van der Waals surface area contributed by atoms with Gasteiger partial charge in [-0.3, -0.25) is 4.68 Å². The van der Waals surface area contributed by atoms with Gasteiger partial charge in [0.05, 0.1) is 35.0 Å². The molecule has 0 aliphatic rings. The van der Waals surface area contributed by atoms with Crippen LogP contribution in [0.3, 0.4) is 0 Å². The highest BCUT2D eigenvalue weighted by molar-refractivity contribution is 6.31. The molecule has 2 N–H and O–H groups in total. The van der Waals surface area contributed by atoms with Crippen LogP contribution in [0.5, 0.6) is 0 Å². The second-order valence-corrected chi connectivity index (χ2v) is 5.47. The minimum Gasteiger partial charge on any atom is -0.331 e. The topological polar surface area (TPSA) is 61.7 Å². The Balaban J connectivity index is 2.21. The van der Waals surface area contributed by atoms with E-state index in [0.717, 1.165) is 41.5 Å². The predicted octanol–water partition coefficient (Wildman–Crippen LogP) is 2.25. The Morgan fingerprint density at radius 3 is 2.75 bits per heavy atom. The molecule has 0 spiro atoms. The quantitative estimate of drug-likeness (QED) is 0.889. The predicted molar refractivity (Wildman–Crippen MR) is 81.0 cm³/mol. The van der Waals surface area contributed by atoms with Crippen molar-refractivity contribution in [2.24, 2.45) is 5.73 Å². The Kier molecular flexibility index (Phi) is 4.83. The lowest BCUT2D eigenvalue weighted by molar-refractivity contribution is 0.594. The number of imidazole rings is 1. The first kappa shape index (κ1) is 15.1. The smallest absolute Gasteiger partial charge is 0.0953 e. The first-order chi connectivity index (χ1) is 9.55. The molecule has 1 unspecified atom stereocenters. The van der Waals surface area contributed by atoms with Crippen LogP contribution < -0.4 is 5.73 Å². The number of hydrogen-bond donors (Lipinski definition) is 1. The van der Waals surface area contributed by atoms with Gasteiger partial charge in [0.15, 0.2) is 0 Å². The van der Waals surface area contributed by atoms with Crippen molar-refractivity contribution in [1.82, 2.24) is 19.3 Å². The third-order valence-corrected chi connectivity index (χ3v) is 3.68. The molecule has 0 aliphatic carbocycles. The molecule has 0 saturated carbocycles. The highest BCUT2D eigenvalue weighted by Gasteiger charge is 2.14. The van der Waals surface area contributed by atoms with Crippen LogP contribution >= 0.6 is 11.6 Å². The zero-order valence-corrected chi connectivity index (χ0v) is 13.1. The van der Waals surface area contributed by atoms with E-state index in [1.807, 2.05) is 28.7 Å². The molecule has 0 aliphatic heterocycles. The summed E-state index contributed by atoms with van der Waals surface area (Å²) in [4.78, 5) is 4.37. The fourth-order valence-corrected chi connectivity index (χ4v) is 2.60. The van der Waals surface area contributed by atoms with Gasteiger partial charge in [-0.05, 0) is 20.3 Å². The monoisotopic (exact) mass is 295 g/mol. The van der Waals surface area contributed by atoms with E-state index < -0.39 is 0 Å². The molecular weight excluding hydrogens is 274 g/mol. The van der Waals surface area contributed by atoms with Crippen LogP contribution in [0.2, 0.25) is 5.02 Å². The lowest BCUT2D eigenvalue weighted by Crippen LogP contribution is -2.17. The van der Waals surface area contributed by atoms with Gasteiger partial charge >= 0.3 is 0 Å². The second kappa shape index (κ2) is 6.41. The van der Waals surface area contributed by atoms with E-state index in [4.69, 9.17) is 17.3 Å². The minimum atomic E-state index is 0.120. The number of hydrogen-bond acceptors (Lipinski definition) is 3. The first-order valence-electron chi connectivity index (χ1n) is 7.05. The summed E-state index contributed by atoms with van der Waals surface area (Å²) in [5, 5.41) is 5.30. The van der Waals surface area contributed by atoms with Crippen molar-refractivity contribution in [2.75, 3.05) is 0 Å². The molecule has 0 amide bonds. The van der Waals surface area contributed by atoms with E-state index in [0.29, 0.717) is 6.54 Å². The van der Waals surface area contributed by atoms with Crippen LogP contribution in [0.1, 0.15) is 37.9 Å². The van der Waals surface area contributed by atoms with Crippen LogP contribution in [0.25, 0.3) is 0 Å². The second-order valence-electron chi connectivity index (χ2n) is 5.10. The van der Waals surface area contributed by atoms with Crippen molar-refractivity contribution >= 4 is 11.6 Å². The molecule has 2 rings (SSSR count). The molecule has 0 aromatic carbocycles. The van der Waals surface area contributed by atoms with Crippen molar-refractivity contribution in [3.05, 3.63) is 34.6 Å². The molecule has 0 fully saturated rings.